The Morgan fingerprint density at radius 3 is 2.19 bits per heavy atom. The predicted molar refractivity (Wildman–Crippen MR) is 287 cm³/mol. The molecule has 2 aliphatic carbocycles. The molecule has 4 N–H and O–H groups in total. The van der Waals surface area contributed by atoms with Gasteiger partial charge in [-0.1, -0.05) is 45.9 Å². The third-order valence-electron chi connectivity index (χ3n) is 17.2. The molecule has 0 spiro atoms. The van der Waals surface area contributed by atoms with Gasteiger partial charge in [0.05, 0.1) is 58.7 Å². The minimum Gasteiger partial charge on any atom is -0.507 e. The summed E-state index contributed by atoms with van der Waals surface area (Å²) in [5.74, 6) is -9.59. The number of aryl methyl sites for hydroxylation is 2. The molecule has 10 atom stereocenters. The summed E-state index contributed by atoms with van der Waals surface area (Å²) in [5, 5.41) is 37.7. The normalized spacial score (nSPS) is 31.0. The number of rotatable bonds is 6. The fourth-order valence-electron chi connectivity index (χ4n) is 12.4. The molecule has 0 radical (unpaired) electrons. The number of aromatic hydroxyl groups is 1. The highest BCUT2D eigenvalue weighted by Crippen LogP contribution is 2.50. The molecule has 1 unspecified atom stereocenters. The third-order valence-corrected chi connectivity index (χ3v) is 17.2. The van der Waals surface area contributed by atoms with E-state index in [4.69, 9.17) is 18.9 Å². The van der Waals surface area contributed by atoms with Crippen LogP contribution in [0.3, 0.4) is 0 Å². The number of likely N-dealkylation sites (tertiary alicyclic amines) is 1. The summed E-state index contributed by atoms with van der Waals surface area (Å²) in [6, 6.07) is 1.79. The van der Waals surface area contributed by atoms with Crippen molar-refractivity contribution >= 4 is 40.4 Å². The predicted octanol–water partition coefficient (Wildman–Crippen LogP) is 6.10. The maximum atomic E-state index is 16.2. The number of halogens is 1. The molecule has 7 aliphatic rings. The molecule has 3 aromatic rings. The van der Waals surface area contributed by atoms with E-state index in [-0.39, 0.29) is 58.5 Å². The number of methoxy groups -OCH3 is 1. The summed E-state index contributed by atoms with van der Waals surface area (Å²) < 4.78 is 41.5. The number of carbonyl (C=O) groups is 5. The van der Waals surface area contributed by atoms with Crippen LogP contribution in [0.2, 0.25) is 0 Å². The maximum absolute atomic E-state index is 16.2. The Bertz CT molecular complexity index is 3190. The number of hydrogen-bond acceptors (Lipinski definition) is 16. The van der Waals surface area contributed by atoms with E-state index < -0.39 is 106 Å². The number of piperazine rings is 1. The number of anilines is 1. The van der Waals surface area contributed by atoms with Gasteiger partial charge < -0.3 is 49.4 Å². The van der Waals surface area contributed by atoms with Crippen LogP contribution in [0.25, 0.3) is 5.52 Å². The van der Waals surface area contributed by atoms with Gasteiger partial charge in [-0.25, -0.2) is 4.39 Å². The molecule has 10 rings (SSSR count). The molecule has 1 amide bonds. The van der Waals surface area contributed by atoms with Gasteiger partial charge in [-0.2, -0.15) is 0 Å². The van der Waals surface area contributed by atoms with Crippen molar-refractivity contribution in [3.8, 4) is 11.5 Å². The first-order valence-electron chi connectivity index (χ1n) is 27.0. The number of Topliss-reactive ketones (excluding diaryl/α,β-unsaturated/α-hetero) is 3. The summed E-state index contributed by atoms with van der Waals surface area (Å²) in [6.07, 6.45) is 7.21. The van der Waals surface area contributed by atoms with Crippen LogP contribution in [0, 0.1) is 50.3 Å². The number of aliphatic hydroxyl groups excluding tert-OH is 2. The SMILES string of the molecule is CO[C@H]1/C=C/O[C@@]2(C)Oc3c(C)c(O)c4c(c3C2=O)C(=O)C(N2CCC(N3CCN(c5c(F)cn6c(=O)c(C)cc(C7CC7)c6c5C)CC3)C2)=C(NC(=O)/C(C)=C\C=C\[C@H](C)[C@H](O)[C@@H](C)[C@@H](O)[C@@H](C)[C@H](OC(C)=O)[C@@H]1C)C4=O. The second kappa shape index (κ2) is 21.5. The molecule has 418 valence electrons. The van der Waals surface area contributed by atoms with Crippen molar-refractivity contribution in [2.24, 2.45) is 23.7 Å². The van der Waals surface area contributed by atoms with Gasteiger partial charge in [-0.15, -0.1) is 0 Å². The van der Waals surface area contributed by atoms with Crippen molar-refractivity contribution in [2.45, 2.75) is 131 Å². The molecule has 18 nitrogen and oxygen atoms in total. The van der Waals surface area contributed by atoms with Crippen molar-refractivity contribution in [3.63, 3.8) is 0 Å². The number of fused-ring (bicyclic) bond motifs is 15. The van der Waals surface area contributed by atoms with E-state index in [1.165, 1.54) is 63.8 Å². The minimum atomic E-state index is -2.13. The van der Waals surface area contributed by atoms with E-state index in [0.29, 0.717) is 55.3 Å². The number of ether oxygens (including phenoxy) is 4. The van der Waals surface area contributed by atoms with Crippen LogP contribution >= 0.6 is 0 Å². The van der Waals surface area contributed by atoms with Crippen LogP contribution in [0.4, 0.5) is 10.1 Å². The van der Waals surface area contributed by atoms with E-state index >= 15 is 14.0 Å². The third kappa shape index (κ3) is 9.84. The molecule has 2 saturated heterocycles. The highest BCUT2D eigenvalue weighted by molar-refractivity contribution is 6.32. The number of nitrogens with zero attached hydrogens (tertiary/aromatic N) is 4. The van der Waals surface area contributed by atoms with Crippen molar-refractivity contribution in [3.05, 3.63) is 115 Å². The molecule has 78 heavy (non-hydrogen) atoms. The fourth-order valence-corrected chi connectivity index (χ4v) is 12.4. The van der Waals surface area contributed by atoms with E-state index in [1.54, 1.807) is 51.7 Å². The highest BCUT2D eigenvalue weighted by Gasteiger charge is 2.54. The number of hydrogen-bond donors (Lipinski definition) is 4. The minimum absolute atomic E-state index is 0.0207. The number of phenolic OH excluding ortho intramolecular Hbond substituents is 1. The average molecular weight is 1080 g/mol. The van der Waals surface area contributed by atoms with Crippen LogP contribution in [0.1, 0.15) is 127 Å². The first kappa shape index (κ1) is 56.1. The zero-order chi connectivity index (χ0) is 56.6. The zero-order valence-corrected chi connectivity index (χ0v) is 46.3. The number of allylic oxidation sites excluding steroid dienone is 4. The average Bonchev–Trinajstić information content (AvgIpc) is 4.25. The second-order valence-corrected chi connectivity index (χ2v) is 22.5. The summed E-state index contributed by atoms with van der Waals surface area (Å²) >= 11 is 0. The molecule has 1 aromatic carbocycles. The lowest BCUT2D eigenvalue weighted by molar-refractivity contribution is -0.160. The molecular weight excluding hydrogens is 1010 g/mol. The second-order valence-electron chi connectivity index (χ2n) is 22.5. The number of carbonyl (C=O) groups excluding carboxylic acids is 5. The molecule has 2 aromatic heterocycles. The molecule has 3 fully saturated rings. The van der Waals surface area contributed by atoms with Crippen LogP contribution in [-0.4, -0.2) is 141 Å². The standard InChI is InChI=1S/C59H72FN5O13/c1-28-13-12-14-29(2)57(73)61-45-48(64-19-17-38(26-64)62-20-22-63(23-21-62)47-32(5)46-39(37-15-16-37)25-30(3)58(74)65(46)27-40(47)60)53(71)42-43(52(45)70)51(69)35(8)55-44(42)56(72)59(10,78-55)76-24-18-41(75-11)31(4)54(77-36(9)66)34(7)50(68)33(6)49(28)67/h12-14,18,24-25,27-28,31,33-34,37-38,41,49-50,54,67-69H,15-17,19-23,26H2,1-11H3,(H,61,73)/b13-12+,24-18+,29-14-/t28-,31+,33+,34+,38?,41-,49-,50+,54+,59-/m0/s1. The quantitative estimate of drug-likeness (QED) is 0.205. The van der Waals surface area contributed by atoms with Crippen LogP contribution < -0.4 is 20.5 Å². The molecule has 19 heteroatoms. The number of aromatic nitrogens is 1. The Hall–Kier alpha value is -6.67. The first-order chi connectivity index (χ1) is 36.9. The number of nitrogens with one attached hydrogen (secondary N) is 1. The van der Waals surface area contributed by atoms with Gasteiger partial charge in [0, 0.05) is 107 Å². The van der Waals surface area contributed by atoms with Crippen LogP contribution in [0.15, 0.2) is 64.6 Å². The lowest BCUT2D eigenvalue weighted by Crippen LogP contribution is -2.51. The Kier molecular flexibility index (Phi) is 15.5. The number of pyridine rings is 2. The lowest BCUT2D eigenvalue weighted by atomic mass is 9.78. The van der Waals surface area contributed by atoms with E-state index in [1.807, 2.05) is 17.9 Å². The van der Waals surface area contributed by atoms with Gasteiger partial charge in [0.15, 0.2) is 5.82 Å². The number of ketones is 3. The number of esters is 1. The zero-order valence-electron chi connectivity index (χ0n) is 46.3. The summed E-state index contributed by atoms with van der Waals surface area (Å²) in [4.78, 5) is 91.3. The lowest BCUT2D eigenvalue weighted by Gasteiger charge is -2.40. The highest BCUT2D eigenvalue weighted by atomic mass is 19.1. The van der Waals surface area contributed by atoms with Gasteiger partial charge >= 0.3 is 11.8 Å². The summed E-state index contributed by atoms with van der Waals surface area (Å²) in [7, 11) is 1.43. The Morgan fingerprint density at radius 1 is 0.846 bits per heavy atom. The molecule has 1 saturated carbocycles. The van der Waals surface area contributed by atoms with Crippen molar-refractivity contribution in [2.75, 3.05) is 51.3 Å². The number of amides is 1. The summed E-state index contributed by atoms with van der Waals surface area (Å²) in [5.41, 5.74) is 1.72. The number of benzene rings is 1. The van der Waals surface area contributed by atoms with E-state index in [2.05, 4.69) is 10.2 Å². The first-order valence-corrected chi connectivity index (χ1v) is 27.0. The van der Waals surface area contributed by atoms with Gasteiger partial charge in [-0.05, 0) is 76.1 Å². The summed E-state index contributed by atoms with van der Waals surface area (Å²) in [6.45, 7) is 18.5. The number of aliphatic hydroxyl groups is 2. The monoisotopic (exact) mass is 1080 g/mol. The van der Waals surface area contributed by atoms with E-state index in [9.17, 15) is 34.5 Å². The van der Waals surface area contributed by atoms with Gasteiger partial charge in [0.2, 0.25) is 11.6 Å². The fraction of sp³-hybridized carbons (Fsp3) is 0.525. The molecule has 7 heterocycles. The number of phenols is 1. The molecule has 5 aliphatic heterocycles. The smallest absolute Gasteiger partial charge is 0.312 e. The van der Waals surface area contributed by atoms with Crippen molar-refractivity contribution in [1.29, 1.82) is 0 Å². The van der Waals surface area contributed by atoms with Gasteiger partial charge in [-0.3, -0.25) is 38.1 Å². The Balaban J connectivity index is 1.05. The topological polar surface area (TPSA) is 226 Å². The maximum Gasteiger partial charge on any atom is 0.312 e. The van der Waals surface area contributed by atoms with E-state index in [0.717, 1.165) is 23.9 Å². The Morgan fingerprint density at radius 2 is 1.54 bits per heavy atom. The van der Waals surface area contributed by atoms with Crippen molar-refractivity contribution < 1.29 is 62.6 Å². The molecule has 5 bridgehead atoms. The van der Waals surface area contributed by atoms with Crippen LogP contribution in [-0.2, 0) is 23.8 Å². The Labute approximate surface area is 453 Å². The van der Waals surface area contributed by atoms with Gasteiger partial charge in [0.1, 0.15) is 29.0 Å². The van der Waals surface area contributed by atoms with Crippen LogP contribution in [0.5, 0.6) is 11.5 Å². The molecular formula is C59H72FN5O13. The van der Waals surface area contributed by atoms with Gasteiger partial charge in [0.25, 0.3) is 17.2 Å². The largest absolute Gasteiger partial charge is 0.507 e. The van der Waals surface area contributed by atoms with Crippen molar-refractivity contribution in [1.82, 2.24) is 19.5 Å².